The number of aromatic carboxylic acids is 1. The van der Waals surface area contributed by atoms with Crippen LogP contribution in [0.1, 0.15) is 20.7 Å². The average molecular weight is 419 g/mol. The van der Waals surface area contributed by atoms with E-state index in [9.17, 15) is 23.1 Å². The molecule has 2 aromatic carbocycles. The number of hydrogen-bond donors (Lipinski definition) is 1. The third-order valence-electron chi connectivity index (χ3n) is 4.41. The number of carboxylic acids is 1. The zero-order valence-corrected chi connectivity index (χ0v) is 16.4. The molecule has 0 aliphatic carbocycles. The van der Waals surface area contributed by atoms with Crippen molar-refractivity contribution in [2.24, 2.45) is 0 Å². The number of sulfonamides is 1. The molecular formula is C19H19N2O7S-. The van der Waals surface area contributed by atoms with E-state index in [0.29, 0.717) is 0 Å². The predicted octanol–water partition coefficient (Wildman–Crippen LogP) is 0.332. The lowest BCUT2D eigenvalue weighted by atomic mass is 10.1. The minimum Gasteiger partial charge on any atom is -0.545 e. The standard InChI is InChI=1S/C19H20N2O7S/c1-27-16-7-6-13(12-17(16)29(25,26)21-8-10-28-11-9-21)18(22)20-15-5-3-2-4-14(15)19(23)24/h2-7,12H,8-11H2,1H3,(H,20,22)(H,23,24)/p-1. The van der Waals surface area contributed by atoms with Crippen LogP contribution in [-0.4, -0.2) is 58.0 Å². The molecule has 0 radical (unpaired) electrons. The van der Waals surface area contributed by atoms with Crippen molar-refractivity contribution in [3.8, 4) is 5.75 Å². The molecule has 10 heteroatoms. The summed E-state index contributed by atoms with van der Waals surface area (Å²) in [6.07, 6.45) is 0. The molecule has 154 valence electrons. The van der Waals surface area contributed by atoms with E-state index in [1.807, 2.05) is 0 Å². The van der Waals surface area contributed by atoms with Gasteiger partial charge in [0, 0.05) is 24.2 Å². The summed E-state index contributed by atoms with van der Waals surface area (Å²) in [6.45, 7) is 0.950. The van der Waals surface area contributed by atoms with Crippen LogP contribution in [-0.2, 0) is 14.8 Å². The number of morpholine rings is 1. The summed E-state index contributed by atoms with van der Waals surface area (Å²) in [5.41, 5.74) is -0.104. The predicted molar refractivity (Wildman–Crippen MR) is 101 cm³/mol. The molecule has 1 heterocycles. The Balaban J connectivity index is 1.94. The number of ether oxygens (including phenoxy) is 2. The summed E-state index contributed by atoms with van der Waals surface area (Å²) in [7, 11) is -2.57. The van der Waals surface area contributed by atoms with Gasteiger partial charge in [-0.1, -0.05) is 18.2 Å². The third-order valence-corrected chi connectivity index (χ3v) is 6.33. The summed E-state index contributed by atoms with van der Waals surface area (Å²) >= 11 is 0. The van der Waals surface area contributed by atoms with Crippen LogP contribution in [0, 0.1) is 0 Å². The lowest BCUT2D eigenvalue weighted by Gasteiger charge is -2.26. The first-order chi connectivity index (χ1) is 13.8. The van der Waals surface area contributed by atoms with E-state index >= 15 is 0 Å². The van der Waals surface area contributed by atoms with Gasteiger partial charge in [-0.2, -0.15) is 4.31 Å². The molecular weight excluding hydrogens is 400 g/mol. The first-order valence-electron chi connectivity index (χ1n) is 8.72. The van der Waals surface area contributed by atoms with E-state index in [2.05, 4.69) is 5.32 Å². The number of carbonyl (C=O) groups is 2. The fraction of sp³-hybridized carbons (Fsp3) is 0.263. The van der Waals surface area contributed by atoms with Gasteiger partial charge in [0.1, 0.15) is 10.6 Å². The normalized spacial score (nSPS) is 14.9. The Labute approximate surface area is 167 Å². The lowest BCUT2D eigenvalue weighted by Crippen LogP contribution is -2.40. The van der Waals surface area contributed by atoms with E-state index in [1.165, 1.54) is 47.8 Å². The molecule has 1 aliphatic rings. The van der Waals surface area contributed by atoms with Gasteiger partial charge in [-0.3, -0.25) is 4.79 Å². The Morgan fingerprint density at radius 3 is 2.48 bits per heavy atom. The van der Waals surface area contributed by atoms with Crippen molar-refractivity contribution in [1.82, 2.24) is 4.31 Å². The van der Waals surface area contributed by atoms with Crippen LogP contribution in [0.5, 0.6) is 5.75 Å². The zero-order valence-electron chi connectivity index (χ0n) is 15.6. The molecule has 1 fully saturated rings. The van der Waals surface area contributed by atoms with Gasteiger partial charge < -0.3 is 24.7 Å². The largest absolute Gasteiger partial charge is 0.545 e. The van der Waals surface area contributed by atoms with Gasteiger partial charge in [0.15, 0.2) is 0 Å². The maximum Gasteiger partial charge on any atom is 0.255 e. The average Bonchev–Trinajstić information content (AvgIpc) is 2.74. The summed E-state index contributed by atoms with van der Waals surface area (Å²) in [5, 5.41) is 13.7. The Morgan fingerprint density at radius 1 is 1.14 bits per heavy atom. The van der Waals surface area contributed by atoms with E-state index in [1.54, 1.807) is 6.07 Å². The van der Waals surface area contributed by atoms with Crippen molar-refractivity contribution in [3.63, 3.8) is 0 Å². The second-order valence-electron chi connectivity index (χ2n) is 6.17. The number of benzene rings is 2. The van der Waals surface area contributed by atoms with Crippen molar-refractivity contribution in [2.75, 3.05) is 38.7 Å². The Kier molecular flexibility index (Phi) is 6.16. The molecule has 9 nitrogen and oxygen atoms in total. The van der Waals surface area contributed by atoms with E-state index in [4.69, 9.17) is 9.47 Å². The highest BCUT2D eigenvalue weighted by Crippen LogP contribution is 2.29. The van der Waals surface area contributed by atoms with Crippen molar-refractivity contribution >= 4 is 27.6 Å². The van der Waals surface area contributed by atoms with Gasteiger partial charge >= 0.3 is 0 Å². The quantitative estimate of drug-likeness (QED) is 0.715. The molecule has 0 bridgehead atoms. The number of para-hydroxylation sites is 1. The Hall–Kier alpha value is -2.95. The second-order valence-corrected chi connectivity index (χ2v) is 8.08. The highest BCUT2D eigenvalue weighted by atomic mass is 32.2. The molecule has 2 aromatic rings. The topological polar surface area (TPSA) is 125 Å². The van der Waals surface area contributed by atoms with E-state index in [-0.39, 0.29) is 53.8 Å². The summed E-state index contributed by atoms with van der Waals surface area (Å²) in [5.74, 6) is -2.01. The molecule has 0 atom stereocenters. The molecule has 0 spiro atoms. The van der Waals surface area contributed by atoms with E-state index in [0.717, 1.165) is 0 Å². The van der Waals surface area contributed by atoms with Crippen molar-refractivity contribution < 1.29 is 32.6 Å². The van der Waals surface area contributed by atoms with E-state index < -0.39 is 21.9 Å². The minimum absolute atomic E-state index is 0.0331. The van der Waals surface area contributed by atoms with Gasteiger partial charge in [0.05, 0.1) is 32.0 Å². The third kappa shape index (κ3) is 4.39. The van der Waals surface area contributed by atoms with Crippen molar-refractivity contribution in [1.29, 1.82) is 0 Å². The summed E-state index contributed by atoms with van der Waals surface area (Å²) < 4.78 is 37.7. The van der Waals surface area contributed by atoms with Gasteiger partial charge in [0.2, 0.25) is 10.0 Å². The van der Waals surface area contributed by atoms with Crippen LogP contribution < -0.4 is 15.2 Å². The number of nitrogens with zero attached hydrogens (tertiary/aromatic N) is 1. The zero-order chi connectivity index (χ0) is 21.0. The molecule has 0 unspecified atom stereocenters. The van der Waals surface area contributed by atoms with Gasteiger partial charge in [0.25, 0.3) is 5.91 Å². The lowest BCUT2D eigenvalue weighted by molar-refractivity contribution is -0.254. The molecule has 0 saturated carbocycles. The summed E-state index contributed by atoms with van der Waals surface area (Å²) in [4.78, 5) is 23.7. The first kappa shape index (κ1) is 20.8. The molecule has 0 aromatic heterocycles. The minimum atomic E-state index is -3.91. The van der Waals surface area contributed by atoms with Crippen molar-refractivity contribution in [3.05, 3.63) is 53.6 Å². The van der Waals surface area contributed by atoms with Crippen molar-refractivity contribution in [2.45, 2.75) is 4.90 Å². The highest BCUT2D eigenvalue weighted by molar-refractivity contribution is 7.89. The second kappa shape index (κ2) is 8.60. The Bertz CT molecular complexity index is 1030. The smallest absolute Gasteiger partial charge is 0.255 e. The first-order valence-corrected chi connectivity index (χ1v) is 10.2. The van der Waals surface area contributed by atoms with Crippen LogP contribution >= 0.6 is 0 Å². The monoisotopic (exact) mass is 419 g/mol. The molecule has 29 heavy (non-hydrogen) atoms. The van der Waals surface area contributed by atoms with Crippen LogP contribution in [0.15, 0.2) is 47.4 Å². The number of anilines is 1. The van der Waals surface area contributed by atoms with Gasteiger partial charge in [-0.25, -0.2) is 8.42 Å². The van der Waals surface area contributed by atoms with Crippen LogP contribution in [0.25, 0.3) is 0 Å². The number of methoxy groups -OCH3 is 1. The molecule has 1 N–H and O–H groups in total. The SMILES string of the molecule is COc1ccc(C(=O)Nc2ccccc2C(=O)[O-])cc1S(=O)(=O)N1CCOCC1. The number of amides is 1. The molecule has 1 aliphatic heterocycles. The van der Waals surface area contributed by atoms with Gasteiger partial charge in [-0.15, -0.1) is 0 Å². The number of carboxylic acid groups (broad SMARTS) is 1. The maximum absolute atomic E-state index is 13.0. The molecule has 1 amide bonds. The van der Waals surface area contributed by atoms with Crippen LogP contribution in [0.4, 0.5) is 5.69 Å². The maximum atomic E-state index is 13.0. The highest BCUT2D eigenvalue weighted by Gasteiger charge is 2.30. The number of hydrogen-bond acceptors (Lipinski definition) is 7. The number of carbonyl (C=O) groups excluding carboxylic acids is 2. The molecule has 1 saturated heterocycles. The van der Waals surface area contributed by atoms with Gasteiger partial charge in [-0.05, 0) is 24.3 Å². The fourth-order valence-corrected chi connectivity index (χ4v) is 4.50. The number of rotatable bonds is 6. The summed E-state index contributed by atoms with van der Waals surface area (Å²) in [6, 6.07) is 9.76. The fourth-order valence-electron chi connectivity index (χ4n) is 2.91. The molecule has 3 rings (SSSR count). The van der Waals surface area contributed by atoms with Crippen LogP contribution in [0.3, 0.4) is 0 Å². The Morgan fingerprint density at radius 2 is 1.83 bits per heavy atom. The number of nitrogens with one attached hydrogen (secondary N) is 1. The van der Waals surface area contributed by atoms with Crippen LogP contribution in [0.2, 0.25) is 0 Å².